The van der Waals surface area contributed by atoms with Gasteiger partial charge in [-0.25, -0.2) is 0 Å². The highest BCUT2D eigenvalue weighted by Crippen LogP contribution is 2.24. The number of hydrogen-bond donors (Lipinski definition) is 1. The van der Waals surface area contributed by atoms with Crippen molar-refractivity contribution >= 4 is 22.5 Å². The van der Waals surface area contributed by atoms with Crippen molar-refractivity contribution in [3.05, 3.63) is 65.9 Å². The molecular weight excluding hydrogens is 288 g/mol. The summed E-state index contributed by atoms with van der Waals surface area (Å²) >= 11 is 0. The van der Waals surface area contributed by atoms with Crippen LogP contribution in [-0.4, -0.2) is 17.5 Å². The lowest BCUT2D eigenvalue weighted by Gasteiger charge is -2.11. The molecule has 0 aliphatic carbocycles. The van der Waals surface area contributed by atoms with Gasteiger partial charge < -0.3 is 10.1 Å². The molecule has 0 saturated carbocycles. The average molecular weight is 306 g/mol. The third kappa shape index (κ3) is 3.48. The Bertz CT molecular complexity index is 859. The Morgan fingerprint density at radius 2 is 2.00 bits per heavy atom. The molecule has 0 fully saturated rings. The zero-order chi connectivity index (χ0) is 16.2. The molecule has 4 nitrogen and oxygen atoms in total. The van der Waals surface area contributed by atoms with Crippen LogP contribution in [0, 0.1) is 13.8 Å². The maximum Gasteiger partial charge on any atom is 0.262 e. The van der Waals surface area contributed by atoms with Crippen LogP contribution in [0.25, 0.3) is 10.9 Å². The smallest absolute Gasteiger partial charge is 0.262 e. The molecule has 116 valence electrons. The zero-order valence-electron chi connectivity index (χ0n) is 13.2. The summed E-state index contributed by atoms with van der Waals surface area (Å²) in [5.74, 6) is 0.496. The van der Waals surface area contributed by atoms with Crippen molar-refractivity contribution in [1.82, 2.24) is 4.98 Å². The minimum atomic E-state index is -0.194. The van der Waals surface area contributed by atoms with E-state index in [4.69, 9.17) is 4.74 Å². The molecule has 23 heavy (non-hydrogen) atoms. The summed E-state index contributed by atoms with van der Waals surface area (Å²) in [5.41, 5.74) is 3.81. The number of fused-ring (bicyclic) bond motifs is 1. The number of aromatic nitrogens is 1. The van der Waals surface area contributed by atoms with Crippen molar-refractivity contribution in [3.63, 3.8) is 0 Å². The molecule has 0 spiro atoms. The Balaban J connectivity index is 1.72. The Kier molecular flexibility index (Phi) is 4.24. The van der Waals surface area contributed by atoms with Gasteiger partial charge in [-0.3, -0.25) is 9.78 Å². The molecule has 1 aromatic heterocycles. The van der Waals surface area contributed by atoms with E-state index in [1.54, 1.807) is 6.20 Å². The highest BCUT2D eigenvalue weighted by Gasteiger charge is 2.08. The van der Waals surface area contributed by atoms with E-state index >= 15 is 0 Å². The van der Waals surface area contributed by atoms with Crippen LogP contribution in [0.15, 0.2) is 54.7 Å². The lowest BCUT2D eigenvalue weighted by atomic mass is 10.1. The fourth-order valence-electron chi connectivity index (χ4n) is 2.46. The van der Waals surface area contributed by atoms with E-state index < -0.39 is 0 Å². The van der Waals surface area contributed by atoms with Crippen LogP contribution in [0.2, 0.25) is 0 Å². The molecule has 1 heterocycles. The standard InChI is InChI=1S/C19H18N2O2/c1-13-5-3-6-15(11-13)23-12-18(22)21-17-9-8-14(2)19-16(17)7-4-10-20-19/h3-11H,12H2,1-2H3,(H,21,22). The summed E-state index contributed by atoms with van der Waals surface area (Å²) in [5, 5.41) is 3.82. The third-order valence-electron chi connectivity index (χ3n) is 3.60. The van der Waals surface area contributed by atoms with E-state index in [9.17, 15) is 4.79 Å². The summed E-state index contributed by atoms with van der Waals surface area (Å²) in [7, 11) is 0. The third-order valence-corrected chi connectivity index (χ3v) is 3.60. The SMILES string of the molecule is Cc1cccc(OCC(=O)Nc2ccc(C)c3ncccc23)c1. The molecule has 0 saturated heterocycles. The molecule has 0 radical (unpaired) electrons. The van der Waals surface area contributed by atoms with Crippen LogP contribution in [0.5, 0.6) is 5.75 Å². The van der Waals surface area contributed by atoms with Crippen molar-refractivity contribution in [2.24, 2.45) is 0 Å². The molecular formula is C19H18N2O2. The van der Waals surface area contributed by atoms with E-state index in [0.29, 0.717) is 5.75 Å². The fraction of sp³-hybridized carbons (Fsp3) is 0.158. The van der Waals surface area contributed by atoms with E-state index in [1.165, 1.54) is 0 Å². The highest BCUT2D eigenvalue weighted by molar-refractivity contribution is 6.02. The van der Waals surface area contributed by atoms with Gasteiger partial charge in [-0.05, 0) is 55.3 Å². The average Bonchev–Trinajstić information content (AvgIpc) is 2.56. The van der Waals surface area contributed by atoms with Gasteiger partial charge in [-0.1, -0.05) is 18.2 Å². The summed E-state index contributed by atoms with van der Waals surface area (Å²) in [6, 6.07) is 15.3. The first-order valence-electron chi connectivity index (χ1n) is 7.47. The second kappa shape index (κ2) is 6.48. The van der Waals surface area contributed by atoms with E-state index in [0.717, 1.165) is 27.7 Å². The summed E-state index contributed by atoms with van der Waals surface area (Å²) < 4.78 is 5.53. The highest BCUT2D eigenvalue weighted by atomic mass is 16.5. The van der Waals surface area contributed by atoms with Crippen LogP contribution in [0.3, 0.4) is 0 Å². The fourth-order valence-corrected chi connectivity index (χ4v) is 2.46. The maximum absolute atomic E-state index is 12.1. The Hall–Kier alpha value is -2.88. The van der Waals surface area contributed by atoms with Crippen LogP contribution < -0.4 is 10.1 Å². The number of nitrogens with zero attached hydrogens (tertiary/aromatic N) is 1. The summed E-state index contributed by atoms with van der Waals surface area (Å²) in [6.07, 6.45) is 1.75. The lowest BCUT2D eigenvalue weighted by Crippen LogP contribution is -2.20. The van der Waals surface area contributed by atoms with Crippen LogP contribution in [0.1, 0.15) is 11.1 Å². The molecule has 0 aliphatic heterocycles. The molecule has 0 unspecified atom stereocenters. The molecule has 4 heteroatoms. The minimum absolute atomic E-state index is 0.0287. The van der Waals surface area contributed by atoms with Gasteiger partial charge in [0.15, 0.2) is 6.61 Å². The number of nitrogens with one attached hydrogen (secondary N) is 1. The first kappa shape index (κ1) is 15.0. The second-order valence-corrected chi connectivity index (χ2v) is 5.48. The zero-order valence-corrected chi connectivity index (χ0v) is 13.2. The van der Waals surface area contributed by atoms with Crippen molar-refractivity contribution < 1.29 is 9.53 Å². The number of pyridine rings is 1. The van der Waals surface area contributed by atoms with Crippen LogP contribution >= 0.6 is 0 Å². The van der Waals surface area contributed by atoms with Gasteiger partial charge in [0.25, 0.3) is 5.91 Å². The number of aryl methyl sites for hydroxylation is 2. The number of rotatable bonds is 4. The molecule has 2 aromatic carbocycles. The van der Waals surface area contributed by atoms with E-state index in [-0.39, 0.29) is 12.5 Å². The minimum Gasteiger partial charge on any atom is -0.484 e. The Morgan fingerprint density at radius 1 is 1.13 bits per heavy atom. The monoisotopic (exact) mass is 306 g/mol. The number of benzene rings is 2. The predicted octanol–water partition coefficient (Wildman–Crippen LogP) is 3.87. The van der Waals surface area contributed by atoms with Crippen molar-refractivity contribution in [3.8, 4) is 5.75 Å². The number of ether oxygens (including phenoxy) is 1. The molecule has 0 bridgehead atoms. The van der Waals surface area contributed by atoms with Gasteiger partial charge in [-0.15, -0.1) is 0 Å². The van der Waals surface area contributed by atoms with Gasteiger partial charge in [0.05, 0.1) is 11.2 Å². The molecule has 3 rings (SSSR count). The molecule has 0 atom stereocenters. The Labute approximate surface area is 135 Å². The van der Waals surface area contributed by atoms with E-state index in [1.807, 2.05) is 62.4 Å². The van der Waals surface area contributed by atoms with Gasteiger partial charge >= 0.3 is 0 Å². The topological polar surface area (TPSA) is 51.2 Å². The van der Waals surface area contributed by atoms with Gasteiger partial charge in [0.1, 0.15) is 5.75 Å². The number of hydrogen-bond acceptors (Lipinski definition) is 3. The molecule has 3 aromatic rings. The van der Waals surface area contributed by atoms with Crippen LogP contribution in [-0.2, 0) is 4.79 Å². The number of amides is 1. The predicted molar refractivity (Wildman–Crippen MR) is 91.8 cm³/mol. The molecule has 0 aliphatic rings. The normalized spacial score (nSPS) is 10.5. The van der Waals surface area contributed by atoms with E-state index in [2.05, 4.69) is 10.3 Å². The van der Waals surface area contributed by atoms with Crippen LogP contribution in [0.4, 0.5) is 5.69 Å². The van der Waals surface area contributed by atoms with Crippen molar-refractivity contribution in [2.75, 3.05) is 11.9 Å². The largest absolute Gasteiger partial charge is 0.484 e. The van der Waals surface area contributed by atoms with Gasteiger partial charge in [0, 0.05) is 11.6 Å². The number of carbonyl (C=O) groups excluding carboxylic acids is 1. The molecule has 1 N–H and O–H groups in total. The maximum atomic E-state index is 12.1. The first-order valence-corrected chi connectivity index (χ1v) is 7.47. The summed E-state index contributed by atoms with van der Waals surface area (Å²) in [4.78, 5) is 16.5. The lowest BCUT2D eigenvalue weighted by molar-refractivity contribution is -0.118. The first-order chi connectivity index (χ1) is 11.1. The van der Waals surface area contributed by atoms with Gasteiger partial charge in [0.2, 0.25) is 0 Å². The van der Waals surface area contributed by atoms with Crippen molar-refractivity contribution in [1.29, 1.82) is 0 Å². The molecule has 1 amide bonds. The number of carbonyl (C=O) groups is 1. The number of anilines is 1. The van der Waals surface area contributed by atoms with Gasteiger partial charge in [-0.2, -0.15) is 0 Å². The summed E-state index contributed by atoms with van der Waals surface area (Å²) in [6.45, 7) is 3.96. The van der Waals surface area contributed by atoms with Crippen molar-refractivity contribution in [2.45, 2.75) is 13.8 Å². The Morgan fingerprint density at radius 3 is 2.83 bits per heavy atom. The second-order valence-electron chi connectivity index (χ2n) is 5.48. The quantitative estimate of drug-likeness (QED) is 0.796.